The van der Waals surface area contributed by atoms with Crippen LogP contribution in [0.15, 0.2) is 48.5 Å². The molecule has 0 N–H and O–H groups in total. The number of rotatable bonds is 3. The van der Waals surface area contributed by atoms with E-state index in [1.54, 1.807) is 0 Å². The van der Waals surface area contributed by atoms with E-state index in [1.807, 2.05) is 0 Å². The zero-order chi connectivity index (χ0) is 13.0. The standard InChI is InChI=1S/C16H16N.Sn.3H/c1-17(2)16-12-10-15(11-13-16)9-8-14-6-4-3-5-7-14;;;;/h3-6,8-13H,1-2H3;;;;. The maximum absolute atomic E-state index is 2.23. The molecule has 2 heteroatoms. The summed E-state index contributed by atoms with van der Waals surface area (Å²) in [7, 11) is 4.12. The van der Waals surface area contributed by atoms with Gasteiger partial charge in [0.05, 0.1) is 0 Å². The van der Waals surface area contributed by atoms with Crippen LogP contribution in [0, 0.1) is 0 Å². The number of anilines is 1. The molecule has 0 heterocycles. The molecule has 0 spiro atoms. The van der Waals surface area contributed by atoms with Crippen molar-refractivity contribution in [1.82, 2.24) is 0 Å². The quantitative estimate of drug-likeness (QED) is 0.608. The number of benzene rings is 2. The fourth-order valence-corrected chi connectivity index (χ4v) is 3.34. The monoisotopic (exact) mass is 345 g/mol. The topological polar surface area (TPSA) is 3.24 Å². The fourth-order valence-electron chi connectivity index (χ4n) is 1.84. The first-order valence-electron chi connectivity index (χ1n) is 6.18. The van der Waals surface area contributed by atoms with Gasteiger partial charge < -0.3 is 0 Å². The second-order valence-corrected chi connectivity index (χ2v) is 7.75. The Hall–Kier alpha value is -1.22. The average molecular weight is 344 g/mol. The minimum atomic E-state index is 0.556. The Labute approximate surface area is 122 Å². The van der Waals surface area contributed by atoms with Crippen molar-refractivity contribution in [2.75, 3.05) is 19.0 Å². The van der Waals surface area contributed by atoms with Crippen molar-refractivity contribution in [2.24, 2.45) is 0 Å². The van der Waals surface area contributed by atoms with Crippen molar-refractivity contribution in [1.29, 1.82) is 0 Å². The third kappa shape index (κ3) is 3.39. The molecular weight excluding hydrogens is 325 g/mol. The van der Waals surface area contributed by atoms with Crippen molar-refractivity contribution < 1.29 is 0 Å². The van der Waals surface area contributed by atoms with Gasteiger partial charge in [0, 0.05) is 0 Å². The third-order valence-corrected chi connectivity index (χ3v) is 5.65. The van der Waals surface area contributed by atoms with Crippen LogP contribution < -0.4 is 8.48 Å². The van der Waals surface area contributed by atoms with E-state index in [1.165, 1.54) is 20.4 Å². The van der Waals surface area contributed by atoms with E-state index < -0.39 is 0 Å². The molecule has 0 unspecified atom stereocenters. The van der Waals surface area contributed by atoms with Crippen molar-refractivity contribution in [3.05, 3.63) is 59.7 Å². The molecule has 0 radical (unpaired) electrons. The molecule has 0 fully saturated rings. The van der Waals surface area contributed by atoms with Crippen molar-refractivity contribution in [3.8, 4) is 0 Å². The molecule has 0 bridgehead atoms. The molecule has 0 atom stereocenters. The predicted octanol–water partition coefficient (Wildman–Crippen LogP) is 1.91. The molecule has 1 nitrogen and oxygen atoms in total. The van der Waals surface area contributed by atoms with Crippen molar-refractivity contribution in [3.63, 3.8) is 0 Å². The molecule has 92 valence electrons. The number of hydrogen-bond acceptors (Lipinski definition) is 1. The van der Waals surface area contributed by atoms with Crippen molar-refractivity contribution in [2.45, 2.75) is 0 Å². The van der Waals surface area contributed by atoms with Gasteiger partial charge in [0.25, 0.3) is 0 Å². The maximum atomic E-state index is 2.23. The van der Waals surface area contributed by atoms with E-state index in [4.69, 9.17) is 0 Å². The number of nitrogens with zero attached hydrogens (tertiary/aromatic N) is 1. The average Bonchev–Trinajstić information content (AvgIpc) is 2.38. The van der Waals surface area contributed by atoms with Gasteiger partial charge in [-0.15, -0.1) is 0 Å². The zero-order valence-corrected chi connectivity index (χ0v) is 16.9. The van der Waals surface area contributed by atoms with Gasteiger partial charge in [-0.2, -0.15) is 0 Å². The molecule has 0 saturated carbocycles. The zero-order valence-electron chi connectivity index (χ0n) is 11.2. The SMILES string of the molecule is CN(C)c1ccc(C=Cc2cccc[c]2[SnH3])cc1. The van der Waals surface area contributed by atoms with E-state index in [0.29, 0.717) is 22.5 Å². The van der Waals surface area contributed by atoms with Crippen LogP contribution >= 0.6 is 0 Å². The molecule has 0 saturated heterocycles. The van der Waals surface area contributed by atoms with Gasteiger partial charge in [0.15, 0.2) is 0 Å². The van der Waals surface area contributed by atoms with Gasteiger partial charge in [-0.3, -0.25) is 0 Å². The first-order chi connectivity index (χ1) is 8.66. The van der Waals surface area contributed by atoms with Crippen LogP contribution in [0.2, 0.25) is 0 Å². The summed E-state index contributed by atoms with van der Waals surface area (Å²) < 4.78 is 1.51. The van der Waals surface area contributed by atoms with Crippen LogP contribution in [-0.4, -0.2) is 36.6 Å². The molecular formula is C16H19NSn. The molecule has 0 aliphatic rings. The minimum absolute atomic E-state index is 0.556. The third-order valence-electron chi connectivity index (χ3n) is 3.05. The van der Waals surface area contributed by atoms with E-state index >= 15 is 0 Å². The summed E-state index contributed by atoms with van der Waals surface area (Å²) in [5.74, 6) is 0. The summed E-state index contributed by atoms with van der Waals surface area (Å²) in [5.41, 5.74) is 3.85. The van der Waals surface area contributed by atoms with Crippen LogP contribution in [0.5, 0.6) is 0 Å². The van der Waals surface area contributed by atoms with E-state index in [9.17, 15) is 0 Å². The van der Waals surface area contributed by atoms with Crippen LogP contribution in [0.25, 0.3) is 12.2 Å². The summed E-state index contributed by atoms with van der Waals surface area (Å²) in [4.78, 5) is 2.11. The van der Waals surface area contributed by atoms with Crippen LogP contribution in [0.3, 0.4) is 0 Å². The molecule has 0 amide bonds. The molecule has 18 heavy (non-hydrogen) atoms. The van der Waals surface area contributed by atoms with Crippen LogP contribution in [0.1, 0.15) is 11.1 Å². The fraction of sp³-hybridized carbons (Fsp3) is 0.125. The molecule has 2 aromatic rings. The van der Waals surface area contributed by atoms with Gasteiger partial charge in [-0.1, -0.05) is 0 Å². The van der Waals surface area contributed by atoms with Crippen LogP contribution in [0.4, 0.5) is 5.69 Å². The Bertz CT molecular complexity index is 541. The van der Waals surface area contributed by atoms with Gasteiger partial charge in [-0.05, 0) is 0 Å². The Morgan fingerprint density at radius 2 is 1.56 bits per heavy atom. The Morgan fingerprint density at radius 3 is 2.17 bits per heavy atom. The predicted molar refractivity (Wildman–Crippen MR) is 85.7 cm³/mol. The first kappa shape index (κ1) is 13.2. The normalized spacial score (nSPS) is 11.0. The van der Waals surface area contributed by atoms with Gasteiger partial charge in [0.1, 0.15) is 0 Å². The second-order valence-electron chi connectivity index (χ2n) is 4.68. The summed E-state index contributed by atoms with van der Waals surface area (Å²) in [6.07, 6.45) is 4.41. The Balaban J connectivity index is 2.17. The van der Waals surface area contributed by atoms with Gasteiger partial charge in [-0.25, -0.2) is 0 Å². The van der Waals surface area contributed by atoms with E-state index in [2.05, 4.69) is 79.7 Å². The molecule has 0 aliphatic carbocycles. The summed E-state index contributed by atoms with van der Waals surface area (Å²) in [5, 5.41) is 0. The second kappa shape index (κ2) is 6.09. The molecule has 2 rings (SSSR count). The van der Waals surface area contributed by atoms with Gasteiger partial charge in [0.2, 0.25) is 0 Å². The Kier molecular flexibility index (Phi) is 4.48. The summed E-state index contributed by atoms with van der Waals surface area (Å²) >= 11 is 0.556. The van der Waals surface area contributed by atoms with Crippen LogP contribution in [-0.2, 0) is 0 Å². The first-order valence-corrected chi connectivity index (χ1v) is 9.03. The Morgan fingerprint density at radius 1 is 0.889 bits per heavy atom. The molecule has 0 aromatic heterocycles. The number of hydrogen-bond donors (Lipinski definition) is 0. The molecule has 0 aliphatic heterocycles. The van der Waals surface area contributed by atoms with Crippen molar-refractivity contribution >= 4 is 43.9 Å². The summed E-state index contributed by atoms with van der Waals surface area (Å²) in [6.45, 7) is 0. The summed E-state index contributed by atoms with van der Waals surface area (Å²) in [6, 6.07) is 17.3. The van der Waals surface area contributed by atoms with E-state index in [-0.39, 0.29) is 0 Å². The van der Waals surface area contributed by atoms with E-state index in [0.717, 1.165) is 0 Å². The van der Waals surface area contributed by atoms with Gasteiger partial charge >= 0.3 is 123 Å². The molecule has 2 aromatic carbocycles.